The summed E-state index contributed by atoms with van der Waals surface area (Å²) in [4.78, 5) is 53.9. The predicted octanol–water partition coefficient (Wildman–Crippen LogP) is 4.74. The van der Waals surface area contributed by atoms with Crippen LogP contribution < -0.4 is 10.6 Å². The molecule has 1 aromatic rings. The van der Waals surface area contributed by atoms with Gasteiger partial charge in [0.25, 0.3) is 0 Å². The molecule has 1 rings (SSSR count). The molecule has 0 fully saturated rings. The predicted molar refractivity (Wildman–Crippen MR) is 155 cm³/mol. The van der Waals surface area contributed by atoms with E-state index in [0.29, 0.717) is 24.0 Å². The Labute approximate surface area is 239 Å². The average molecular weight is 558 g/mol. The fourth-order valence-electron chi connectivity index (χ4n) is 4.11. The van der Waals surface area contributed by atoms with Crippen LogP contribution in [0.3, 0.4) is 0 Å². The van der Waals surface area contributed by atoms with Crippen molar-refractivity contribution in [2.45, 2.75) is 97.8 Å². The number of ether oxygens (including phenoxy) is 2. The number of alkyl carbamates (subject to hydrolysis) is 1. The van der Waals surface area contributed by atoms with Crippen LogP contribution in [0, 0.1) is 18.3 Å². The van der Waals surface area contributed by atoms with Crippen molar-refractivity contribution in [1.29, 1.82) is 0 Å². The molecule has 222 valence electrons. The number of nitrogens with zero attached hydrogens (tertiary/aromatic N) is 1. The first-order valence-corrected chi connectivity index (χ1v) is 14.1. The Kier molecular flexibility index (Phi) is 14.8. The van der Waals surface area contributed by atoms with Gasteiger partial charge < -0.3 is 25.0 Å². The third-order valence-electron chi connectivity index (χ3n) is 6.52. The van der Waals surface area contributed by atoms with E-state index in [2.05, 4.69) is 28.2 Å². The second kappa shape index (κ2) is 17.2. The molecule has 0 aliphatic carbocycles. The molecule has 3 unspecified atom stereocenters. The number of esters is 1. The van der Waals surface area contributed by atoms with E-state index >= 15 is 0 Å². The lowest BCUT2D eigenvalue weighted by Crippen LogP contribution is -2.55. The first kappa shape index (κ1) is 34.5. The Bertz CT molecular complexity index is 1010. The van der Waals surface area contributed by atoms with Crippen molar-refractivity contribution in [3.8, 4) is 12.3 Å². The van der Waals surface area contributed by atoms with Gasteiger partial charge in [0.1, 0.15) is 24.2 Å². The number of hydrogen-bond acceptors (Lipinski definition) is 6. The normalized spacial score (nSPS) is 13.2. The molecule has 0 saturated carbocycles. The second-order valence-corrected chi connectivity index (χ2v) is 10.9. The molecule has 9 heteroatoms. The molecule has 40 heavy (non-hydrogen) atoms. The summed E-state index contributed by atoms with van der Waals surface area (Å²) >= 11 is 0. The average Bonchev–Trinajstić information content (AvgIpc) is 2.92. The maximum Gasteiger partial charge on any atom is 0.408 e. The van der Waals surface area contributed by atoms with E-state index in [0.717, 1.165) is 25.7 Å². The van der Waals surface area contributed by atoms with Crippen LogP contribution in [-0.2, 0) is 23.9 Å². The summed E-state index contributed by atoms with van der Waals surface area (Å²) < 4.78 is 10.1. The summed E-state index contributed by atoms with van der Waals surface area (Å²) in [5.41, 5.74) is 0.406. The van der Waals surface area contributed by atoms with Crippen LogP contribution >= 0.6 is 0 Å². The van der Waals surface area contributed by atoms with Crippen molar-refractivity contribution < 1.29 is 28.7 Å². The first-order chi connectivity index (χ1) is 18.9. The number of hydrogen-bond donors (Lipinski definition) is 2. The number of unbranched alkanes of at least 4 members (excludes halogenated alkanes) is 4. The molecule has 3 atom stereocenters. The SMILES string of the molecule is C#Cc1ccc(C(C(=O)NCC(=O)OC)N(CCCCCCC)C(=O)C(NC(=O)OC(C)(C)C)C(C)CC)cc1. The number of benzene rings is 1. The van der Waals surface area contributed by atoms with Crippen LogP contribution in [0.1, 0.15) is 97.2 Å². The van der Waals surface area contributed by atoms with Crippen molar-refractivity contribution in [2.75, 3.05) is 20.2 Å². The van der Waals surface area contributed by atoms with Gasteiger partial charge in [-0.05, 0) is 50.8 Å². The number of rotatable bonds is 15. The molecule has 9 nitrogen and oxygen atoms in total. The zero-order valence-electron chi connectivity index (χ0n) is 25.2. The number of carbonyl (C=O) groups excluding carboxylic acids is 4. The molecule has 0 heterocycles. The summed E-state index contributed by atoms with van der Waals surface area (Å²) in [6.45, 7) is 11.1. The van der Waals surface area contributed by atoms with Gasteiger partial charge in [0, 0.05) is 12.1 Å². The number of nitrogens with one attached hydrogen (secondary N) is 2. The highest BCUT2D eigenvalue weighted by Gasteiger charge is 2.38. The second-order valence-electron chi connectivity index (χ2n) is 10.9. The standard InChI is InChI=1S/C31H47N3O6/c1-9-12-13-14-15-20-34(29(37)26(22(4)10-2)33-30(38)40-31(5,6)7)27(28(36)32-21-25(35)39-8)24-18-16-23(11-3)17-19-24/h3,16-19,22,26-27H,9-10,12-15,20-21H2,1-2,4-8H3,(H,32,36)(H,33,38). The maximum absolute atomic E-state index is 14.3. The van der Waals surface area contributed by atoms with Gasteiger partial charge in [-0.1, -0.05) is 70.9 Å². The molecule has 0 saturated heterocycles. The molecule has 1 aromatic carbocycles. The largest absolute Gasteiger partial charge is 0.468 e. The van der Waals surface area contributed by atoms with Crippen molar-refractivity contribution >= 4 is 23.9 Å². The molecular weight excluding hydrogens is 510 g/mol. The van der Waals surface area contributed by atoms with Crippen LogP contribution in [0.2, 0.25) is 0 Å². The minimum Gasteiger partial charge on any atom is -0.468 e. The highest BCUT2D eigenvalue weighted by molar-refractivity contribution is 5.93. The monoisotopic (exact) mass is 557 g/mol. The van der Waals surface area contributed by atoms with E-state index in [1.807, 2.05) is 13.8 Å². The minimum absolute atomic E-state index is 0.245. The number of methoxy groups -OCH3 is 1. The number of amides is 3. The number of carbonyl (C=O) groups is 4. The highest BCUT2D eigenvalue weighted by Crippen LogP contribution is 2.26. The van der Waals surface area contributed by atoms with Gasteiger partial charge in [-0.25, -0.2) is 4.79 Å². The summed E-state index contributed by atoms with van der Waals surface area (Å²) in [6.07, 6.45) is 10.1. The van der Waals surface area contributed by atoms with E-state index in [4.69, 9.17) is 11.2 Å². The van der Waals surface area contributed by atoms with Gasteiger partial charge in [0.15, 0.2) is 0 Å². The summed E-state index contributed by atoms with van der Waals surface area (Å²) in [5.74, 6) is 0.745. The van der Waals surface area contributed by atoms with Gasteiger partial charge in [-0.2, -0.15) is 0 Å². The van der Waals surface area contributed by atoms with Gasteiger partial charge in [0.2, 0.25) is 11.8 Å². The third kappa shape index (κ3) is 11.7. The molecule has 0 radical (unpaired) electrons. The van der Waals surface area contributed by atoms with Gasteiger partial charge >= 0.3 is 12.1 Å². The van der Waals surface area contributed by atoms with Crippen molar-refractivity contribution in [2.24, 2.45) is 5.92 Å². The fraction of sp³-hybridized carbons (Fsp3) is 0.613. The maximum atomic E-state index is 14.3. The van der Waals surface area contributed by atoms with Crippen LogP contribution in [0.15, 0.2) is 24.3 Å². The lowest BCUT2D eigenvalue weighted by atomic mass is 9.95. The third-order valence-corrected chi connectivity index (χ3v) is 6.52. The van der Waals surface area contributed by atoms with E-state index in [1.54, 1.807) is 45.0 Å². The zero-order valence-corrected chi connectivity index (χ0v) is 25.2. The van der Waals surface area contributed by atoms with Gasteiger partial charge in [-0.3, -0.25) is 14.4 Å². The van der Waals surface area contributed by atoms with Crippen LogP contribution in [0.4, 0.5) is 4.79 Å². The molecule has 2 N–H and O–H groups in total. The number of terminal acetylenes is 1. The van der Waals surface area contributed by atoms with E-state index in [-0.39, 0.29) is 19.0 Å². The molecular formula is C31H47N3O6. The van der Waals surface area contributed by atoms with E-state index < -0.39 is 41.6 Å². The van der Waals surface area contributed by atoms with Crippen molar-refractivity contribution in [1.82, 2.24) is 15.5 Å². The topological polar surface area (TPSA) is 114 Å². The van der Waals surface area contributed by atoms with Crippen LogP contribution in [0.5, 0.6) is 0 Å². The Hall–Kier alpha value is -3.54. The molecule has 0 aliphatic rings. The zero-order chi connectivity index (χ0) is 30.3. The summed E-state index contributed by atoms with van der Waals surface area (Å²) in [5, 5.41) is 5.35. The summed E-state index contributed by atoms with van der Waals surface area (Å²) in [7, 11) is 1.23. The van der Waals surface area contributed by atoms with Gasteiger partial charge in [0.05, 0.1) is 7.11 Å². The Morgan fingerprint density at radius 2 is 1.65 bits per heavy atom. The minimum atomic E-state index is -1.07. The smallest absolute Gasteiger partial charge is 0.408 e. The van der Waals surface area contributed by atoms with Crippen molar-refractivity contribution in [3.63, 3.8) is 0 Å². The highest BCUT2D eigenvalue weighted by atomic mass is 16.6. The molecule has 0 aromatic heterocycles. The van der Waals surface area contributed by atoms with Crippen molar-refractivity contribution in [3.05, 3.63) is 35.4 Å². The van der Waals surface area contributed by atoms with Crippen LogP contribution in [-0.4, -0.2) is 60.6 Å². The molecule has 0 aliphatic heterocycles. The quantitative estimate of drug-likeness (QED) is 0.183. The van der Waals surface area contributed by atoms with Crippen LogP contribution in [0.25, 0.3) is 0 Å². The molecule has 0 spiro atoms. The lowest BCUT2D eigenvalue weighted by Gasteiger charge is -2.36. The first-order valence-electron chi connectivity index (χ1n) is 14.1. The molecule has 0 bridgehead atoms. The Balaban J connectivity index is 3.53. The van der Waals surface area contributed by atoms with E-state index in [1.165, 1.54) is 12.0 Å². The Morgan fingerprint density at radius 3 is 2.17 bits per heavy atom. The Morgan fingerprint density at radius 1 is 1.02 bits per heavy atom. The fourth-order valence-corrected chi connectivity index (χ4v) is 4.11. The molecule has 3 amide bonds. The van der Waals surface area contributed by atoms with Gasteiger partial charge in [-0.15, -0.1) is 6.42 Å². The van der Waals surface area contributed by atoms with E-state index in [9.17, 15) is 19.2 Å². The lowest BCUT2D eigenvalue weighted by molar-refractivity contribution is -0.145. The summed E-state index contributed by atoms with van der Waals surface area (Å²) in [6, 6.07) is 4.80.